The molecule has 0 aromatic carbocycles. The van der Waals surface area contributed by atoms with E-state index in [1.807, 2.05) is 6.92 Å². The summed E-state index contributed by atoms with van der Waals surface area (Å²) in [6, 6.07) is 0. The molecule has 0 spiro atoms. The Bertz CT molecular complexity index is 332. The fourth-order valence-corrected chi connectivity index (χ4v) is 2.40. The average molecular weight is 235 g/mol. The van der Waals surface area contributed by atoms with Crippen LogP contribution in [0.1, 0.15) is 32.6 Å². The first kappa shape index (κ1) is 12.4. The molecule has 88 valence electrons. The second-order valence-corrected chi connectivity index (χ2v) is 6.37. The van der Waals surface area contributed by atoms with Gasteiger partial charge < -0.3 is 5.11 Å². The van der Waals surface area contributed by atoms with Crippen molar-refractivity contribution in [3.63, 3.8) is 0 Å². The maximum atomic E-state index is 11.4. The predicted octanol–water partition coefficient (Wildman–Crippen LogP) is 0.571. The van der Waals surface area contributed by atoms with Crippen molar-refractivity contribution < 1.29 is 18.3 Å². The Kier molecular flexibility index (Phi) is 3.72. The van der Waals surface area contributed by atoms with Gasteiger partial charge in [0.25, 0.3) is 0 Å². The molecule has 1 aliphatic carbocycles. The van der Waals surface area contributed by atoms with Crippen LogP contribution in [-0.4, -0.2) is 31.8 Å². The highest BCUT2D eigenvalue weighted by Crippen LogP contribution is 2.44. The van der Waals surface area contributed by atoms with E-state index in [1.54, 1.807) is 0 Å². The van der Waals surface area contributed by atoms with Crippen LogP contribution in [0.25, 0.3) is 0 Å². The summed E-state index contributed by atoms with van der Waals surface area (Å²) >= 11 is 0. The van der Waals surface area contributed by atoms with Crippen molar-refractivity contribution in [1.82, 2.24) is 4.72 Å². The van der Waals surface area contributed by atoms with Crippen LogP contribution in [0.5, 0.6) is 0 Å². The minimum Gasteiger partial charge on any atom is -0.481 e. The third kappa shape index (κ3) is 5.13. The quantitative estimate of drug-likeness (QED) is 0.675. The fraction of sp³-hybridized carbons (Fsp3) is 0.889. The second kappa shape index (κ2) is 4.49. The first-order valence-electron chi connectivity index (χ1n) is 5.02. The molecule has 1 fully saturated rings. The van der Waals surface area contributed by atoms with Gasteiger partial charge in [0.2, 0.25) is 10.0 Å². The molecule has 0 radical (unpaired) electrons. The van der Waals surface area contributed by atoms with Gasteiger partial charge in [-0.15, -0.1) is 0 Å². The Morgan fingerprint density at radius 2 is 2.07 bits per heavy atom. The number of nitrogens with one attached hydrogen (secondary N) is 1. The maximum Gasteiger partial charge on any atom is 0.303 e. The number of carboxylic acid groups (broad SMARTS) is 1. The molecule has 0 aromatic heterocycles. The van der Waals surface area contributed by atoms with Crippen molar-refractivity contribution in [3.05, 3.63) is 0 Å². The van der Waals surface area contributed by atoms with Crippen molar-refractivity contribution in [3.8, 4) is 0 Å². The Hall–Kier alpha value is -0.620. The van der Waals surface area contributed by atoms with Crippen LogP contribution in [0, 0.1) is 5.41 Å². The predicted molar refractivity (Wildman–Crippen MR) is 56.0 cm³/mol. The van der Waals surface area contributed by atoms with Crippen molar-refractivity contribution in [1.29, 1.82) is 0 Å². The number of hydrogen-bond acceptors (Lipinski definition) is 3. The van der Waals surface area contributed by atoms with Gasteiger partial charge in [0.15, 0.2) is 0 Å². The smallest absolute Gasteiger partial charge is 0.303 e. The van der Waals surface area contributed by atoms with Crippen LogP contribution < -0.4 is 4.72 Å². The first-order chi connectivity index (χ1) is 6.83. The van der Waals surface area contributed by atoms with Crippen LogP contribution in [-0.2, 0) is 14.8 Å². The Morgan fingerprint density at radius 3 is 2.53 bits per heavy atom. The van der Waals surface area contributed by atoms with Gasteiger partial charge in [-0.2, -0.15) is 0 Å². The summed E-state index contributed by atoms with van der Waals surface area (Å²) in [6.07, 6.45) is 2.19. The zero-order chi connectivity index (χ0) is 11.5. The van der Waals surface area contributed by atoms with Crippen molar-refractivity contribution >= 4 is 16.0 Å². The summed E-state index contributed by atoms with van der Waals surface area (Å²) < 4.78 is 25.3. The lowest BCUT2D eigenvalue weighted by molar-refractivity contribution is -0.137. The Balaban J connectivity index is 2.22. The topological polar surface area (TPSA) is 83.5 Å². The zero-order valence-corrected chi connectivity index (χ0v) is 9.64. The molecule has 1 rings (SSSR count). The molecule has 5 nitrogen and oxygen atoms in total. The van der Waals surface area contributed by atoms with Gasteiger partial charge in [-0.25, -0.2) is 13.1 Å². The number of rotatable bonds is 7. The first-order valence-corrected chi connectivity index (χ1v) is 6.67. The highest BCUT2D eigenvalue weighted by atomic mass is 32.2. The van der Waals surface area contributed by atoms with E-state index in [0.717, 1.165) is 12.8 Å². The molecule has 0 heterocycles. The SMILES string of the molecule is CC1(CNS(=O)(=O)CCCC(=O)O)CC1. The average Bonchev–Trinajstić information content (AvgIpc) is 2.81. The van der Waals surface area contributed by atoms with E-state index >= 15 is 0 Å². The molecule has 2 N–H and O–H groups in total. The van der Waals surface area contributed by atoms with E-state index < -0.39 is 16.0 Å². The Morgan fingerprint density at radius 1 is 1.47 bits per heavy atom. The molecule has 6 heteroatoms. The van der Waals surface area contributed by atoms with Crippen molar-refractivity contribution in [2.45, 2.75) is 32.6 Å². The lowest BCUT2D eigenvalue weighted by Crippen LogP contribution is -2.31. The third-order valence-electron chi connectivity index (χ3n) is 2.63. The van der Waals surface area contributed by atoms with E-state index in [0.29, 0.717) is 6.54 Å². The minimum absolute atomic E-state index is 0.0990. The largest absolute Gasteiger partial charge is 0.481 e. The molecule has 15 heavy (non-hydrogen) atoms. The van der Waals surface area contributed by atoms with E-state index in [9.17, 15) is 13.2 Å². The van der Waals surface area contributed by atoms with E-state index in [1.165, 1.54) is 0 Å². The molecule has 0 unspecified atom stereocenters. The number of carbonyl (C=O) groups is 1. The normalized spacial score (nSPS) is 18.7. The van der Waals surface area contributed by atoms with Crippen molar-refractivity contribution in [2.24, 2.45) is 5.41 Å². The van der Waals surface area contributed by atoms with Gasteiger partial charge >= 0.3 is 5.97 Å². The summed E-state index contributed by atoms with van der Waals surface area (Å²) in [6.45, 7) is 2.51. The lowest BCUT2D eigenvalue weighted by Gasteiger charge is -2.10. The molecule has 0 bridgehead atoms. The van der Waals surface area contributed by atoms with Gasteiger partial charge in [0.1, 0.15) is 0 Å². The zero-order valence-electron chi connectivity index (χ0n) is 8.82. The highest BCUT2D eigenvalue weighted by molar-refractivity contribution is 7.89. The minimum atomic E-state index is -3.28. The van der Waals surface area contributed by atoms with Gasteiger partial charge in [-0.1, -0.05) is 6.92 Å². The fourth-order valence-electron chi connectivity index (χ4n) is 1.16. The van der Waals surface area contributed by atoms with Gasteiger partial charge in [-0.3, -0.25) is 4.79 Å². The van der Waals surface area contributed by atoms with Crippen LogP contribution in [0.3, 0.4) is 0 Å². The summed E-state index contributed by atoms with van der Waals surface area (Å²) in [5.41, 5.74) is 0.139. The van der Waals surface area contributed by atoms with Gasteiger partial charge in [0.05, 0.1) is 5.75 Å². The van der Waals surface area contributed by atoms with Crippen LogP contribution in [0.4, 0.5) is 0 Å². The van der Waals surface area contributed by atoms with Crippen LogP contribution >= 0.6 is 0 Å². The number of hydrogen-bond donors (Lipinski definition) is 2. The van der Waals surface area contributed by atoms with Gasteiger partial charge in [0, 0.05) is 13.0 Å². The van der Waals surface area contributed by atoms with E-state index in [2.05, 4.69) is 4.72 Å². The van der Waals surface area contributed by atoms with E-state index in [-0.39, 0.29) is 24.0 Å². The van der Waals surface area contributed by atoms with Crippen LogP contribution in [0.15, 0.2) is 0 Å². The Labute approximate surface area is 89.9 Å². The molecule has 1 saturated carbocycles. The summed E-state index contributed by atoms with van der Waals surface area (Å²) in [4.78, 5) is 10.2. The number of aliphatic carboxylic acids is 1. The summed E-state index contributed by atoms with van der Waals surface area (Å²) in [5, 5.41) is 8.36. The second-order valence-electron chi connectivity index (χ2n) is 4.45. The van der Waals surface area contributed by atoms with Gasteiger partial charge in [-0.05, 0) is 24.7 Å². The molecule has 0 aliphatic heterocycles. The standard InChI is InChI=1S/C9H17NO4S/c1-9(4-5-9)7-10-15(13,14)6-2-3-8(11)12/h10H,2-7H2,1H3,(H,11,12). The number of sulfonamides is 1. The molecule has 0 atom stereocenters. The number of carboxylic acids is 1. The monoisotopic (exact) mass is 235 g/mol. The lowest BCUT2D eigenvalue weighted by atomic mass is 10.2. The third-order valence-corrected chi connectivity index (χ3v) is 4.04. The summed E-state index contributed by atoms with van der Waals surface area (Å²) in [5.74, 6) is -1.06. The van der Waals surface area contributed by atoms with E-state index in [4.69, 9.17) is 5.11 Å². The van der Waals surface area contributed by atoms with Crippen molar-refractivity contribution in [2.75, 3.05) is 12.3 Å². The molecule has 0 saturated heterocycles. The maximum absolute atomic E-state index is 11.4. The molecule has 0 aromatic rings. The molecular formula is C9H17NO4S. The summed E-state index contributed by atoms with van der Waals surface area (Å²) in [7, 11) is -3.28. The molecule has 1 aliphatic rings. The highest BCUT2D eigenvalue weighted by Gasteiger charge is 2.37. The molecule has 0 amide bonds. The van der Waals surface area contributed by atoms with Crippen LogP contribution in [0.2, 0.25) is 0 Å². The molecular weight excluding hydrogens is 218 g/mol.